The zero-order valence-corrected chi connectivity index (χ0v) is 14.2. The topological polar surface area (TPSA) is 0 Å². The fourth-order valence-electron chi connectivity index (χ4n) is 3.05. The number of hydrogen-bond donors (Lipinski definition) is 0. The quantitative estimate of drug-likeness (QED) is 0.442. The molecule has 1 heteroatoms. The third kappa shape index (κ3) is 3.61. The van der Waals surface area contributed by atoms with Gasteiger partial charge in [-0.2, -0.15) is 0 Å². The van der Waals surface area contributed by atoms with E-state index in [9.17, 15) is 0 Å². The highest BCUT2D eigenvalue weighted by molar-refractivity contribution is 8.05. The molecule has 0 nitrogen and oxygen atoms in total. The summed E-state index contributed by atoms with van der Waals surface area (Å²) in [4.78, 5) is 1.65. The first-order valence-electron chi connectivity index (χ1n) is 8.49. The van der Waals surface area contributed by atoms with Crippen molar-refractivity contribution in [1.29, 1.82) is 0 Å². The molecule has 0 unspecified atom stereocenters. The van der Waals surface area contributed by atoms with Crippen molar-refractivity contribution in [2.75, 3.05) is 0 Å². The maximum Gasteiger partial charge on any atom is 0.0511 e. The molecular formula is C19H29S. The van der Waals surface area contributed by atoms with Crippen molar-refractivity contribution in [3.05, 3.63) is 39.0 Å². The van der Waals surface area contributed by atoms with Gasteiger partial charge >= 0.3 is 0 Å². The van der Waals surface area contributed by atoms with E-state index < -0.39 is 0 Å². The van der Waals surface area contributed by atoms with Crippen LogP contribution in [0.2, 0.25) is 0 Å². The molecule has 0 fully saturated rings. The van der Waals surface area contributed by atoms with Crippen LogP contribution in [-0.4, -0.2) is 0 Å². The summed E-state index contributed by atoms with van der Waals surface area (Å²) in [5.74, 6) is 2.39. The van der Waals surface area contributed by atoms with Crippen LogP contribution < -0.4 is 0 Å². The molecule has 0 atom stereocenters. The van der Waals surface area contributed by atoms with E-state index in [4.69, 9.17) is 0 Å². The van der Waals surface area contributed by atoms with Crippen LogP contribution in [0.15, 0.2) is 33.3 Å². The van der Waals surface area contributed by atoms with Crippen molar-refractivity contribution in [3.63, 3.8) is 0 Å². The zero-order chi connectivity index (χ0) is 14.4. The molecule has 0 aromatic carbocycles. The van der Waals surface area contributed by atoms with E-state index in [0.29, 0.717) is 0 Å². The van der Waals surface area contributed by atoms with Crippen LogP contribution in [0.3, 0.4) is 0 Å². The second kappa shape index (κ2) is 8.12. The second-order valence-electron chi connectivity index (χ2n) is 5.95. The second-order valence-corrected chi connectivity index (χ2v) is 6.91. The summed E-state index contributed by atoms with van der Waals surface area (Å²) in [5, 5.41) is 0. The van der Waals surface area contributed by atoms with Gasteiger partial charge in [0.25, 0.3) is 0 Å². The maximum absolute atomic E-state index is 2.49. The largest absolute Gasteiger partial charge is 0.120 e. The van der Waals surface area contributed by atoms with Crippen molar-refractivity contribution >= 4 is 11.8 Å². The Labute approximate surface area is 129 Å². The van der Waals surface area contributed by atoms with Gasteiger partial charge < -0.3 is 0 Å². The third-order valence-corrected chi connectivity index (χ3v) is 5.32. The number of unbranched alkanes of at least 4 members (excludes halogenated alkanes) is 3. The van der Waals surface area contributed by atoms with Gasteiger partial charge in [-0.05, 0) is 65.7 Å². The summed E-state index contributed by atoms with van der Waals surface area (Å²) in [5.41, 5.74) is 6.51. The molecule has 20 heavy (non-hydrogen) atoms. The number of rotatable bonds is 9. The predicted molar refractivity (Wildman–Crippen MR) is 92.6 cm³/mol. The van der Waals surface area contributed by atoms with Gasteiger partial charge in [0.2, 0.25) is 0 Å². The number of fused-ring (bicyclic) bond motifs is 1. The Bertz CT molecular complexity index is 423. The molecular weight excluding hydrogens is 260 g/mol. The van der Waals surface area contributed by atoms with Crippen LogP contribution in [0, 0.1) is 5.75 Å². The molecule has 0 N–H and O–H groups in total. The lowest BCUT2D eigenvalue weighted by molar-refractivity contribution is 0.761. The van der Waals surface area contributed by atoms with E-state index in [0.717, 1.165) is 0 Å². The van der Waals surface area contributed by atoms with E-state index in [1.165, 1.54) is 63.4 Å². The molecule has 0 saturated heterocycles. The van der Waals surface area contributed by atoms with Gasteiger partial charge in [-0.3, -0.25) is 0 Å². The van der Waals surface area contributed by atoms with Gasteiger partial charge in [0, 0.05) is 0 Å². The lowest BCUT2D eigenvalue weighted by Gasteiger charge is -2.11. The molecule has 2 rings (SSSR count). The van der Waals surface area contributed by atoms with E-state index >= 15 is 0 Å². The van der Waals surface area contributed by atoms with E-state index in [-0.39, 0.29) is 0 Å². The summed E-state index contributed by atoms with van der Waals surface area (Å²) < 4.78 is 0. The molecule has 111 valence electrons. The van der Waals surface area contributed by atoms with Crippen molar-refractivity contribution < 1.29 is 0 Å². The van der Waals surface area contributed by atoms with Crippen LogP contribution in [0.25, 0.3) is 0 Å². The minimum absolute atomic E-state index is 1.28. The number of thioether (sulfide) groups is 1. The normalized spacial score (nSPS) is 18.1. The first kappa shape index (κ1) is 15.9. The molecule has 0 aromatic rings. The van der Waals surface area contributed by atoms with E-state index in [1.807, 2.05) is 11.8 Å². The van der Waals surface area contributed by atoms with Crippen LogP contribution in [0.5, 0.6) is 0 Å². The first-order chi connectivity index (χ1) is 9.81. The Kier molecular flexibility index (Phi) is 6.48. The monoisotopic (exact) mass is 289 g/mol. The lowest BCUT2D eigenvalue weighted by Crippen LogP contribution is -1.92. The minimum atomic E-state index is 1.28. The van der Waals surface area contributed by atoms with E-state index in [1.54, 1.807) is 21.6 Å². The molecule has 0 amide bonds. The molecule has 0 saturated carbocycles. The minimum Gasteiger partial charge on any atom is -0.120 e. The third-order valence-electron chi connectivity index (χ3n) is 4.25. The molecule has 0 spiro atoms. The SMILES string of the molecule is CCCCC1=C(CCCC)C2=C(CCCC)S[CH]C2=C1. The van der Waals surface area contributed by atoms with Crippen LogP contribution in [0.1, 0.15) is 78.6 Å². The molecule has 0 bridgehead atoms. The Balaban J connectivity index is 2.21. The summed E-state index contributed by atoms with van der Waals surface area (Å²) in [6, 6.07) is 0. The molecule has 0 aromatic heterocycles. The van der Waals surface area contributed by atoms with Crippen molar-refractivity contribution in [1.82, 2.24) is 0 Å². The van der Waals surface area contributed by atoms with Crippen LogP contribution >= 0.6 is 11.8 Å². The Morgan fingerprint density at radius 3 is 2.20 bits per heavy atom. The average molecular weight is 290 g/mol. The lowest BCUT2D eigenvalue weighted by atomic mass is 9.95. The van der Waals surface area contributed by atoms with Gasteiger partial charge in [0.15, 0.2) is 0 Å². The van der Waals surface area contributed by atoms with E-state index in [2.05, 4.69) is 32.6 Å². The molecule has 1 heterocycles. The highest BCUT2D eigenvalue weighted by atomic mass is 32.2. The zero-order valence-electron chi connectivity index (χ0n) is 13.4. The van der Waals surface area contributed by atoms with Gasteiger partial charge in [0.05, 0.1) is 5.75 Å². The Morgan fingerprint density at radius 2 is 1.50 bits per heavy atom. The van der Waals surface area contributed by atoms with Crippen LogP contribution in [-0.2, 0) is 0 Å². The van der Waals surface area contributed by atoms with Crippen molar-refractivity contribution in [3.8, 4) is 0 Å². The number of hydrogen-bond acceptors (Lipinski definition) is 1. The predicted octanol–water partition coefficient (Wildman–Crippen LogP) is 6.96. The summed E-state index contributed by atoms with van der Waals surface area (Å²) >= 11 is 1.99. The van der Waals surface area contributed by atoms with Gasteiger partial charge in [0.1, 0.15) is 0 Å². The van der Waals surface area contributed by atoms with Gasteiger partial charge in [-0.1, -0.05) is 46.1 Å². The highest BCUT2D eigenvalue weighted by Gasteiger charge is 2.29. The standard InChI is InChI=1S/C19H29S/c1-4-7-10-15-13-16-14-20-18(12-9-6-3)19(16)17(15)11-8-5-2/h13-14H,4-12H2,1-3H3. The Hall–Kier alpha value is -0.430. The molecule has 1 aliphatic carbocycles. The highest BCUT2D eigenvalue weighted by Crippen LogP contribution is 2.51. The molecule has 1 aliphatic heterocycles. The Morgan fingerprint density at radius 1 is 0.850 bits per heavy atom. The molecule has 1 radical (unpaired) electrons. The fraction of sp³-hybridized carbons (Fsp3) is 0.632. The first-order valence-corrected chi connectivity index (χ1v) is 9.37. The van der Waals surface area contributed by atoms with Gasteiger partial charge in [-0.25, -0.2) is 0 Å². The van der Waals surface area contributed by atoms with Crippen molar-refractivity contribution in [2.45, 2.75) is 78.6 Å². The van der Waals surface area contributed by atoms with Crippen molar-refractivity contribution in [2.24, 2.45) is 0 Å². The smallest absolute Gasteiger partial charge is 0.0511 e. The summed E-state index contributed by atoms with van der Waals surface area (Å²) in [7, 11) is 0. The summed E-state index contributed by atoms with van der Waals surface area (Å²) in [6.45, 7) is 6.89. The summed E-state index contributed by atoms with van der Waals surface area (Å²) in [6.07, 6.45) is 14.2. The molecule has 2 aliphatic rings. The average Bonchev–Trinajstić information content (AvgIpc) is 3.00. The maximum atomic E-state index is 2.49. The van der Waals surface area contributed by atoms with Crippen LogP contribution in [0.4, 0.5) is 0 Å². The van der Waals surface area contributed by atoms with Gasteiger partial charge in [-0.15, -0.1) is 11.8 Å². The fourth-order valence-corrected chi connectivity index (χ4v) is 4.12. The number of allylic oxidation sites excluding steroid dienone is 5.